The van der Waals surface area contributed by atoms with Crippen molar-refractivity contribution in [3.05, 3.63) is 24.3 Å². The molecule has 0 heterocycles. The first-order valence-electron chi connectivity index (χ1n) is 24.4. The molecule has 0 aliphatic heterocycles. The van der Waals surface area contributed by atoms with Gasteiger partial charge in [0.15, 0.2) is 6.10 Å². The minimum Gasteiger partial charge on any atom is -0.480 e. The Hall–Kier alpha value is -2.04. The molecule has 0 saturated heterocycles. The first-order chi connectivity index (χ1) is 29.1. The van der Waals surface area contributed by atoms with Crippen LogP contribution in [0.3, 0.4) is 0 Å². The predicted molar refractivity (Wildman–Crippen MR) is 245 cm³/mol. The van der Waals surface area contributed by atoms with Crippen LogP contribution in [0.5, 0.6) is 0 Å². The van der Waals surface area contributed by atoms with E-state index in [1.54, 1.807) is 0 Å². The summed E-state index contributed by atoms with van der Waals surface area (Å²) < 4.78 is 32.8. The second kappa shape index (κ2) is 43.6. The summed E-state index contributed by atoms with van der Waals surface area (Å²) in [6, 6.07) is -1.52. The van der Waals surface area contributed by atoms with E-state index in [9.17, 15) is 23.8 Å². The van der Waals surface area contributed by atoms with Gasteiger partial charge in [0, 0.05) is 12.8 Å². The van der Waals surface area contributed by atoms with Crippen LogP contribution in [0.25, 0.3) is 0 Å². The SMILES string of the molecule is CCCCCCCC/C=C/C/C=C/CCCCC(=O)OC[C@@H](COP(=O)(O)OC[C@H](N)C(=O)O)OC(=O)CCCCCCCCCCCCCCCCCCCCCCC. The number of carboxylic acid groups (broad SMARTS) is 1. The van der Waals surface area contributed by atoms with Gasteiger partial charge >= 0.3 is 25.7 Å². The zero-order valence-electron chi connectivity index (χ0n) is 38.3. The number of allylic oxidation sites excluding steroid dienone is 4. The number of nitrogens with two attached hydrogens (primary N) is 1. The molecule has 0 fully saturated rings. The molecule has 0 aliphatic rings. The maximum Gasteiger partial charge on any atom is 0.472 e. The van der Waals surface area contributed by atoms with Crippen LogP contribution in [-0.2, 0) is 37.5 Å². The standard InChI is InChI=1S/C48H90NO10P/c1-3-5-7-9-11-13-15-17-19-20-21-22-23-24-26-28-30-32-34-36-38-40-47(51)59-44(42-57-60(54,55)58-43-45(49)48(52)53)41-56-46(50)39-37-35-33-31-29-27-25-18-16-14-12-10-8-6-4-2/h18,25,29,31,44-45H,3-17,19-24,26-28,30,32-43,49H2,1-2H3,(H,52,53)(H,54,55)/b25-18+,31-29+/t44-,45-/m0/s1. The molecule has 1 unspecified atom stereocenters. The maximum atomic E-state index is 12.7. The number of phosphoric ester groups is 1. The van der Waals surface area contributed by atoms with Crippen molar-refractivity contribution in [1.82, 2.24) is 0 Å². The Morgan fingerprint density at radius 3 is 1.33 bits per heavy atom. The van der Waals surface area contributed by atoms with Crippen molar-refractivity contribution in [3.63, 3.8) is 0 Å². The average Bonchev–Trinajstić information content (AvgIpc) is 3.22. The highest BCUT2D eigenvalue weighted by Gasteiger charge is 2.28. The summed E-state index contributed by atoms with van der Waals surface area (Å²) in [5, 5.41) is 8.90. The molecule has 352 valence electrons. The number of carboxylic acids is 1. The highest BCUT2D eigenvalue weighted by molar-refractivity contribution is 7.47. The molecule has 0 rings (SSSR count). The Labute approximate surface area is 366 Å². The second-order valence-corrected chi connectivity index (χ2v) is 18.1. The van der Waals surface area contributed by atoms with E-state index in [0.29, 0.717) is 12.8 Å². The van der Waals surface area contributed by atoms with Gasteiger partial charge in [-0.05, 0) is 44.9 Å². The van der Waals surface area contributed by atoms with Crippen LogP contribution in [0.15, 0.2) is 24.3 Å². The molecule has 0 amide bonds. The van der Waals surface area contributed by atoms with E-state index < -0.39 is 51.1 Å². The van der Waals surface area contributed by atoms with E-state index in [1.165, 1.54) is 148 Å². The van der Waals surface area contributed by atoms with Crippen LogP contribution in [-0.4, -0.2) is 59.9 Å². The van der Waals surface area contributed by atoms with Gasteiger partial charge in [-0.25, -0.2) is 4.57 Å². The van der Waals surface area contributed by atoms with Crippen molar-refractivity contribution < 1.29 is 47.5 Å². The van der Waals surface area contributed by atoms with E-state index in [-0.39, 0.29) is 19.4 Å². The Morgan fingerprint density at radius 2 is 0.883 bits per heavy atom. The molecule has 0 aromatic heterocycles. The van der Waals surface area contributed by atoms with Gasteiger partial charge in [0.2, 0.25) is 0 Å². The van der Waals surface area contributed by atoms with Gasteiger partial charge in [0.05, 0.1) is 13.2 Å². The smallest absolute Gasteiger partial charge is 0.472 e. The first-order valence-corrected chi connectivity index (χ1v) is 25.9. The number of phosphoric acid groups is 1. The average molecular weight is 872 g/mol. The number of rotatable bonds is 46. The van der Waals surface area contributed by atoms with Crippen LogP contribution in [0.2, 0.25) is 0 Å². The van der Waals surface area contributed by atoms with Crippen LogP contribution >= 0.6 is 7.82 Å². The van der Waals surface area contributed by atoms with Crippen molar-refractivity contribution >= 4 is 25.7 Å². The van der Waals surface area contributed by atoms with Crippen LogP contribution in [0.1, 0.15) is 232 Å². The number of carbonyl (C=O) groups is 3. The van der Waals surface area contributed by atoms with Gasteiger partial charge in [-0.3, -0.25) is 23.4 Å². The van der Waals surface area contributed by atoms with Crippen molar-refractivity contribution in [1.29, 1.82) is 0 Å². The highest BCUT2D eigenvalue weighted by atomic mass is 31.2. The zero-order chi connectivity index (χ0) is 44.2. The Balaban J connectivity index is 4.27. The van der Waals surface area contributed by atoms with Crippen molar-refractivity contribution in [3.8, 4) is 0 Å². The summed E-state index contributed by atoms with van der Waals surface area (Å²) in [6.45, 7) is 2.80. The third-order valence-electron chi connectivity index (χ3n) is 10.7. The molecule has 60 heavy (non-hydrogen) atoms. The lowest BCUT2D eigenvalue weighted by molar-refractivity contribution is -0.161. The van der Waals surface area contributed by atoms with Gasteiger partial charge in [-0.15, -0.1) is 0 Å². The lowest BCUT2D eigenvalue weighted by Crippen LogP contribution is -2.34. The van der Waals surface area contributed by atoms with E-state index in [2.05, 4.69) is 42.7 Å². The fourth-order valence-electron chi connectivity index (χ4n) is 6.86. The van der Waals surface area contributed by atoms with E-state index in [1.807, 2.05) is 0 Å². The first kappa shape index (κ1) is 58.0. The van der Waals surface area contributed by atoms with Crippen LogP contribution in [0, 0.1) is 0 Å². The largest absolute Gasteiger partial charge is 0.480 e. The lowest BCUT2D eigenvalue weighted by Gasteiger charge is -2.20. The molecule has 0 bridgehead atoms. The number of carbonyl (C=O) groups excluding carboxylic acids is 2. The van der Waals surface area contributed by atoms with E-state index >= 15 is 0 Å². The Bertz CT molecular complexity index is 1120. The molecule has 4 N–H and O–H groups in total. The fourth-order valence-corrected chi connectivity index (χ4v) is 7.64. The van der Waals surface area contributed by atoms with Crippen molar-refractivity contribution in [2.45, 2.75) is 244 Å². The molecule has 0 spiro atoms. The summed E-state index contributed by atoms with van der Waals surface area (Å²) in [4.78, 5) is 46.1. The van der Waals surface area contributed by atoms with Gasteiger partial charge in [-0.2, -0.15) is 0 Å². The number of unbranched alkanes of at least 4 members (excludes halogenated alkanes) is 28. The number of hydrogen-bond acceptors (Lipinski definition) is 9. The van der Waals surface area contributed by atoms with E-state index in [4.69, 9.17) is 24.8 Å². The number of hydrogen-bond donors (Lipinski definition) is 3. The molecule has 11 nitrogen and oxygen atoms in total. The van der Waals surface area contributed by atoms with E-state index in [0.717, 1.165) is 44.9 Å². The van der Waals surface area contributed by atoms with Crippen molar-refractivity contribution in [2.24, 2.45) is 5.73 Å². The quantitative estimate of drug-likeness (QED) is 0.0230. The molecule has 0 radical (unpaired) electrons. The third kappa shape index (κ3) is 42.6. The van der Waals surface area contributed by atoms with Crippen LogP contribution in [0.4, 0.5) is 0 Å². The fraction of sp³-hybridized carbons (Fsp3) is 0.854. The van der Waals surface area contributed by atoms with Crippen molar-refractivity contribution in [2.75, 3.05) is 19.8 Å². The topological polar surface area (TPSA) is 172 Å². The Kier molecular flexibility index (Phi) is 42.1. The molecule has 0 aromatic rings. The number of aliphatic carboxylic acids is 1. The summed E-state index contributed by atoms with van der Waals surface area (Å²) >= 11 is 0. The molecule has 0 saturated carbocycles. The van der Waals surface area contributed by atoms with Gasteiger partial charge in [0.25, 0.3) is 0 Å². The molecular formula is C48H90NO10P. The summed E-state index contributed by atoms with van der Waals surface area (Å²) in [6.07, 6.45) is 46.8. The predicted octanol–water partition coefficient (Wildman–Crippen LogP) is 13.4. The normalized spacial score (nSPS) is 13.8. The number of esters is 2. The van der Waals surface area contributed by atoms with Gasteiger partial charge in [-0.1, -0.05) is 199 Å². The summed E-state index contributed by atoms with van der Waals surface area (Å²) in [5.74, 6) is -2.41. The maximum absolute atomic E-state index is 12.7. The minimum atomic E-state index is -4.72. The minimum absolute atomic E-state index is 0.159. The van der Waals surface area contributed by atoms with Crippen LogP contribution < -0.4 is 5.73 Å². The van der Waals surface area contributed by atoms with Gasteiger partial charge in [0.1, 0.15) is 12.6 Å². The second-order valence-electron chi connectivity index (χ2n) is 16.6. The monoisotopic (exact) mass is 872 g/mol. The summed E-state index contributed by atoms with van der Waals surface area (Å²) in [5.41, 5.74) is 5.34. The molecular weight excluding hydrogens is 781 g/mol. The molecule has 12 heteroatoms. The molecule has 0 aromatic carbocycles. The third-order valence-corrected chi connectivity index (χ3v) is 11.7. The zero-order valence-corrected chi connectivity index (χ0v) is 39.2. The number of ether oxygens (including phenoxy) is 2. The Morgan fingerprint density at radius 1 is 0.517 bits per heavy atom. The summed E-state index contributed by atoms with van der Waals surface area (Å²) in [7, 11) is -4.72. The molecule has 3 atom stereocenters. The van der Waals surface area contributed by atoms with Gasteiger partial charge < -0.3 is 25.2 Å². The molecule has 0 aliphatic carbocycles. The lowest BCUT2D eigenvalue weighted by atomic mass is 10.0. The highest BCUT2D eigenvalue weighted by Crippen LogP contribution is 2.43.